The van der Waals surface area contributed by atoms with Gasteiger partial charge in [-0.1, -0.05) is 36.4 Å². The summed E-state index contributed by atoms with van der Waals surface area (Å²) in [6.07, 6.45) is 0. The molecule has 3 rings (SSSR count). The Balaban J connectivity index is 1.79. The summed E-state index contributed by atoms with van der Waals surface area (Å²) in [6.45, 7) is 0.777. The molecule has 0 aliphatic rings. The maximum Gasteiger partial charge on any atom is 0.119 e. The minimum Gasteiger partial charge on any atom is -0.497 e. The smallest absolute Gasteiger partial charge is 0.119 e. The van der Waals surface area contributed by atoms with Gasteiger partial charge in [0.15, 0.2) is 0 Å². The number of benzene rings is 2. The van der Waals surface area contributed by atoms with Gasteiger partial charge in [-0.3, -0.25) is 0 Å². The van der Waals surface area contributed by atoms with Crippen LogP contribution >= 0.6 is 11.3 Å². The van der Waals surface area contributed by atoms with Gasteiger partial charge in [0.1, 0.15) is 5.75 Å². The lowest BCUT2D eigenvalue weighted by molar-refractivity contribution is 0.414. The Morgan fingerprint density at radius 3 is 2.71 bits per heavy atom. The monoisotopic (exact) mass is 295 g/mol. The second-order valence-electron chi connectivity index (χ2n) is 4.73. The van der Waals surface area contributed by atoms with E-state index >= 15 is 0 Å². The number of nitrogens with one attached hydrogen (secondary N) is 1. The molecule has 0 unspecified atom stereocenters. The Hall–Kier alpha value is -2.26. The first-order valence-corrected chi connectivity index (χ1v) is 7.74. The van der Waals surface area contributed by atoms with E-state index in [-0.39, 0.29) is 0 Å². The second kappa shape index (κ2) is 6.46. The van der Waals surface area contributed by atoms with E-state index in [4.69, 9.17) is 4.74 Å². The number of para-hydroxylation sites is 1. The fourth-order valence-corrected chi connectivity index (χ4v) is 3.03. The van der Waals surface area contributed by atoms with E-state index in [2.05, 4.69) is 59.2 Å². The predicted molar refractivity (Wildman–Crippen MR) is 90.1 cm³/mol. The summed E-state index contributed by atoms with van der Waals surface area (Å²) < 4.78 is 5.26. The molecule has 0 radical (unpaired) electrons. The van der Waals surface area contributed by atoms with Crippen molar-refractivity contribution in [1.29, 1.82) is 0 Å². The minimum atomic E-state index is 0.777. The van der Waals surface area contributed by atoms with Crippen LogP contribution in [0.15, 0.2) is 66.0 Å². The quantitative estimate of drug-likeness (QED) is 0.712. The van der Waals surface area contributed by atoms with Crippen LogP contribution in [0.4, 0.5) is 5.69 Å². The molecule has 106 valence electrons. The van der Waals surface area contributed by atoms with Crippen molar-refractivity contribution >= 4 is 17.0 Å². The molecule has 1 N–H and O–H groups in total. The average Bonchev–Trinajstić information content (AvgIpc) is 3.08. The van der Waals surface area contributed by atoms with Crippen molar-refractivity contribution in [2.75, 3.05) is 12.4 Å². The highest BCUT2D eigenvalue weighted by Gasteiger charge is 2.05. The van der Waals surface area contributed by atoms with Crippen LogP contribution in [-0.2, 0) is 6.54 Å². The van der Waals surface area contributed by atoms with Crippen LogP contribution in [0.5, 0.6) is 5.75 Å². The van der Waals surface area contributed by atoms with E-state index in [1.54, 1.807) is 18.4 Å². The average molecular weight is 295 g/mol. The number of thiophene rings is 1. The van der Waals surface area contributed by atoms with Crippen molar-refractivity contribution in [2.45, 2.75) is 6.54 Å². The van der Waals surface area contributed by atoms with E-state index in [0.717, 1.165) is 18.0 Å². The van der Waals surface area contributed by atoms with Gasteiger partial charge < -0.3 is 10.1 Å². The molecule has 0 fully saturated rings. The molecular formula is C18H17NOS. The first-order chi connectivity index (χ1) is 10.4. The van der Waals surface area contributed by atoms with Crippen molar-refractivity contribution in [3.05, 3.63) is 71.6 Å². The Kier molecular flexibility index (Phi) is 4.22. The molecule has 1 heterocycles. The summed E-state index contributed by atoms with van der Waals surface area (Å²) in [4.78, 5) is 1.28. The van der Waals surface area contributed by atoms with Crippen molar-refractivity contribution in [3.8, 4) is 16.2 Å². The standard InChI is InChI=1S/C18H17NOS/c1-20-15-7-4-6-14(12-15)13-19-17-9-3-2-8-16(17)18-10-5-11-21-18/h2-12,19H,13H2,1H3. The number of ether oxygens (including phenoxy) is 1. The Labute approximate surface area is 129 Å². The zero-order valence-corrected chi connectivity index (χ0v) is 12.7. The maximum absolute atomic E-state index is 5.26. The van der Waals surface area contributed by atoms with Crippen molar-refractivity contribution in [1.82, 2.24) is 0 Å². The fourth-order valence-electron chi connectivity index (χ4n) is 2.26. The lowest BCUT2D eigenvalue weighted by Gasteiger charge is -2.11. The van der Waals surface area contributed by atoms with Gasteiger partial charge in [0.05, 0.1) is 7.11 Å². The first kappa shape index (κ1) is 13.7. The molecule has 0 bridgehead atoms. The third-order valence-electron chi connectivity index (χ3n) is 3.33. The van der Waals surface area contributed by atoms with E-state index in [1.807, 2.05) is 12.1 Å². The van der Waals surface area contributed by atoms with E-state index < -0.39 is 0 Å². The largest absolute Gasteiger partial charge is 0.497 e. The molecule has 0 saturated heterocycles. The summed E-state index contributed by atoms with van der Waals surface area (Å²) in [5.74, 6) is 0.890. The molecule has 0 spiro atoms. The molecule has 3 aromatic rings. The second-order valence-corrected chi connectivity index (χ2v) is 5.68. The Bertz CT molecular complexity index is 707. The highest BCUT2D eigenvalue weighted by Crippen LogP contribution is 2.31. The van der Waals surface area contributed by atoms with Crippen molar-refractivity contribution in [3.63, 3.8) is 0 Å². The summed E-state index contributed by atoms with van der Waals surface area (Å²) in [5, 5.41) is 5.63. The van der Waals surface area contributed by atoms with Gasteiger partial charge in [-0.15, -0.1) is 11.3 Å². The van der Waals surface area contributed by atoms with Gasteiger partial charge in [-0.25, -0.2) is 0 Å². The molecule has 2 aromatic carbocycles. The number of hydrogen-bond donors (Lipinski definition) is 1. The van der Waals surface area contributed by atoms with Gasteiger partial charge in [0.2, 0.25) is 0 Å². The van der Waals surface area contributed by atoms with E-state index in [1.165, 1.54) is 16.0 Å². The molecule has 0 aliphatic carbocycles. The molecular weight excluding hydrogens is 278 g/mol. The summed E-state index contributed by atoms with van der Waals surface area (Å²) in [6, 6.07) is 20.8. The lowest BCUT2D eigenvalue weighted by Crippen LogP contribution is -2.00. The van der Waals surface area contributed by atoms with Crippen LogP contribution in [0, 0.1) is 0 Å². The molecule has 21 heavy (non-hydrogen) atoms. The zero-order chi connectivity index (χ0) is 14.5. The van der Waals surface area contributed by atoms with Crippen LogP contribution in [0.3, 0.4) is 0 Å². The normalized spacial score (nSPS) is 10.3. The third kappa shape index (κ3) is 3.26. The van der Waals surface area contributed by atoms with Crippen molar-refractivity contribution < 1.29 is 4.74 Å². The molecule has 0 aliphatic heterocycles. The van der Waals surface area contributed by atoms with Gasteiger partial charge >= 0.3 is 0 Å². The van der Waals surface area contributed by atoms with Crippen LogP contribution in [0.25, 0.3) is 10.4 Å². The number of methoxy groups -OCH3 is 1. The highest BCUT2D eigenvalue weighted by molar-refractivity contribution is 7.13. The van der Waals surface area contributed by atoms with Crippen molar-refractivity contribution in [2.24, 2.45) is 0 Å². The number of rotatable bonds is 5. The van der Waals surface area contributed by atoms with Crippen LogP contribution in [0.2, 0.25) is 0 Å². The van der Waals surface area contributed by atoms with Gasteiger partial charge in [-0.05, 0) is 35.2 Å². The molecule has 0 amide bonds. The molecule has 3 heteroatoms. The van der Waals surface area contributed by atoms with Gasteiger partial charge in [0, 0.05) is 22.7 Å². The Morgan fingerprint density at radius 2 is 1.90 bits per heavy atom. The maximum atomic E-state index is 5.26. The minimum absolute atomic E-state index is 0.777. The zero-order valence-electron chi connectivity index (χ0n) is 11.9. The number of anilines is 1. The topological polar surface area (TPSA) is 21.3 Å². The lowest BCUT2D eigenvalue weighted by atomic mass is 10.1. The SMILES string of the molecule is COc1cccc(CNc2ccccc2-c2cccs2)c1. The number of hydrogen-bond acceptors (Lipinski definition) is 3. The Morgan fingerprint density at radius 1 is 1.00 bits per heavy atom. The van der Waals surface area contributed by atoms with Crippen LogP contribution in [0.1, 0.15) is 5.56 Å². The molecule has 0 saturated carbocycles. The fraction of sp³-hybridized carbons (Fsp3) is 0.111. The first-order valence-electron chi connectivity index (χ1n) is 6.86. The van der Waals surface area contributed by atoms with Crippen LogP contribution in [-0.4, -0.2) is 7.11 Å². The highest BCUT2D eigenvalue weighted by atomic mass is 32.1. The van der Waals surface area contributed by atoms with Gasteiger partial charge in [-0.2, -0.15) is 0 Å². The third-order valence-corrected chi connectivity index (χ3v) is 4.23. The molecule has 1 aromatic heterocycles. The summed E-state index contributed by atoms with van der Waals surface area (Å²) in [7, 11) is 1.69. The summed E-state index contributed by atoms with van der Waals surface area (Å²) >= 11 is 1.76. The summed E-state index contributed by atoms with van der Waals surface area (Å²) in [5.41, 5.74) is 3.61. The predicted octanol–water partition coefficient (Wildman–Crippen LogP) is 5.04. The molecule has 2 nitrogen and oxygen atoms in total. The molecule has 0 atom stereocenters. The van der Waals surface area contributed by atoms with E-state index in [0.29, 0.717) is 0 Å². The van der Waals surface area contributed by atoms with Crippen LogP contribution < -0.4 is 10.1 Å². The van der Waals surface area contributed by atoms with E-state index in [9.17, 15) is 0 Å². The van der Waals surface area contributed by atoms with Gasteiger partial charge in [0.25, 0.3) is 0 Å².